The zero-order valence-electron chi connectivity index (χ0n) is 16.5. The number of ether oxygens (including phenoxy) is 2. The molecule has 2 saturated heterocycles. The van der Waals surface area contributed by atoms with Crippen LogP contribution in [-0.4, -0.2) is 68.0 Å². The van der Waals surface area contributed by atoms with Crippen molar-refractivity contribution in [3.8, 4) is 5.75 Å². The van der Waals surface area contributed by atoms with Gasteiger partial charge in [-0.1, -0.05) is 12.1 Å². The van der Waals surface area contributed by atoms with Gasteiger partial charge in [0, 0.05) is 32.7 Å². The van der Waals surface area contributed by atoms with Crippen molar-refractivity contribution in [2.75, 3.05) is 26.2 Å². The highest BCUT2D eigenvalue weighted by atomic mass is 32.2. The zero-order valence-corrected chi connectivity index (χ0v) is 17.4. The normalized spacial score (nSPS) is 31.9. The molecule has 0 unspecified atom stereocenters. The first kappa shape index (κ1) is 19.3. The zero-order chi connectivity index (χ0) is 20.0. The maximum absolute atomic E-state index is 13.5. The van der Waals surface area contributed by atoms with Crippen LogP contribution in [0, 0.1) is 5.92 Å². The highest BCUT2D eigenvalue weighted by Crippen LogP contribution is 2.40. The molecule has 3 atom stereocenters. The maximum Gasteiger partial charge on any atom is 0.251 e. The van der Waals surface area contributed by atoms with Crippen molar-refractivity contribution >= 4 is 15.9 Å². The molecule has 0 aromatic heterocycles. The first-order valence-corrected chi connectivity index (χ1v) is 12.2. The lowest BCUT2D eigenvalue weighted by molar-refractivity contribution is -0.140. The molecule has 158 valence electrons. The molecule has 0 N–H and O–H groups in total. The second-order valence-electron chi connectivity index (χ2n) is 8.59. The van der Waals surface area contributed by atoms with Crippen LogP contribution in [0.5, 0.6) is 5.75 Å². The molecule has 5 rings (SSSR count). The molecule has 3 fully saturated rings. The molecule has 1 aliphatic carbocycles. The minimum atomic E-state index is -3.63. The number of hydrogen-bond donors (Lipinski definition) is 0. The van der Waals surface area contributed by atoms with Crippen LogP contribution in [0.2, 0.25) is 0 Å². The topological polar surface area (TPSA) is 76.1 Å². The van der Waals surface area contributed by atoms with E-state index in [0.29, 0.717) is 50.8 Å². The van der Waals surface area contributed by atoms with Crippen molar-refractivity contribution < 1.29 is 22.7 Å². The average Bonchev–Trinajstić information content (AvgIpc) is 3.43. The summed E-state index contributed by atoms with van der Waals surface area (Å²) in [5, 5.41) is 0. The maximum atomic E-state index is 13.5. The van der Waals surface area contributed by atoms with Crippen LogP contribution in [-0.2, 0) is 19.6 Å². The highest BCUT2D eigenvalue weighted by Gasteiger charge is 2.45. The second-order valence-corrected chi connectivity index (χ2v) is 10.5. The molecule has 0 spiro atoms. The number of sulfonamides is 1. The van der Waals surface area contributed by atoms with Gasteiger partial charge in [-0.2, -0.15) is 4.31 Å². The molecule has 0 bridgehead atoms. The van der Waals surface area contributed by atoms with Gasteiger partial charge in [0.25, 0.3) is 5.91 Å². The van der Waals surface area contributed by atoms with Crippen LogP contribution in [0.4, 0.5) is 0 Å². The molecule has 1 saturated carbocycles. The summed E-state index contributed by atoms with van der Waals surface area (Å²) < 4.78 is 40.6. The molecule has 0 radical (unpaired) electrons. The Kier molecular flexibility index (Phi) is 5.04. The predicted octanol–water partition coefficient (Wildman–Crippen LogP) is 2.02. The van der Waals surface area contributed by atoms with Gasteiger partial charge >= 0.3 is 0 Å². The Labute approximate surface area is 172 Å². The Hall–Kier alpha value is -1.64. The first-order chi connectivity index (χ1) is 14.0. The van der Waals surface area contributed by atoms with E-state index >= 15 is 0 Å². The molecule has 1 aromatic rings. The lowest BCUT2D eigenvalue weighted by Crippen LogP contribution is -2.48. The smallest absolute Gasteiger partial charge is 0.251 e. The fraction of sp³-hybridized carbons (Fsp3) is 0.667. The number of rotatable bonds is 3. The Balaban J connectivity index is 1.44. The van der Waals surface area contributed by atoms with Crippen LogP contribution in [0.25, 0.3) is 0 Å². The third-order valence-corrected chi connectivity index (χ3v) is 8.47. The number of para-hydroxylation sites is 1. The predicted molar refractivity (Wildman–Crippen MR) is 106 cm³/mol. The van der Waals surface area contributed by atoms with Crippen molar-refractivity contribution in [2.45, 2.75) is 61.7 Å². The summed E-state index contributed by atoms with van der Waals surface area (Å²) in [6, 6.07) is 6.69. The molecular weight excluding hydrogens is 392 g/mol. The van der Waals surface area contributed by atoms with Crippen molar-refractivity contribution in [1.82, 2.24) is 9.21 Å². The molecule has 8 heteroatoms. The van der Waals surface area contributed by atoms with Crippen molar-refractivity contribution in [2.24, 2.45) is 5.92 Å². The fourth-order valence-electron chi connectivity index (χ4n) is 4.74. The standard InChI is InChI=1S/C21H28N2O5S/c24-21(19-5-3-13-27-19)22-11-9-16-17(10-12-22)28-18-4-1-2-6-20(18)29(25,26)23(16)14-15-7-8-15/h1-2,4,6,15-17,19H,3,5,7-14H2/t16-,17-,19+/m0/s1. The van der Waals surface area contributed by atoms with Crippen LogP contribution in [0.15, 0.2) is 29.2 Å². The van der Waals surface area contributed by atoms with E-state index in [0.717, 1.165) is 25.7 Å². The van der Waals surface area contributed by atoms with Crippen molar-refractivity contribution in [3.63, 3.8) is 0 Å². The van der Waals surface area contributed by atoms with Gasteiger partial charge < -0.3 is 14.4 Å². The molecule has 3 heterocycles. The van der Waals surface area contributed by atoms with Gasteiger partial charge in [-0.05, 0) is 50.2 Å². The minimum Gasteiger partial charge on any atom is -0.487 e. The Morgan fingerprint density at radius 3 is 2.62 bits per heavy atom. The number of carbonyl (C=O) groups excluding carboxylic acids is 1. The molecule has 3 aliphatic heterocycles. The largest absolute Gasteiger partial charge is 0.487 e. The van der Waals surface area contributed by atoms with Gasteiger partial charge in [-0.3, -0.25) is 4.79 Å². The van der Waals surface area contributed by atoms with Crippen LogP contribution >= 0.6 is 0 Å². The number of nitrogens with zero attached hydrogens (tertiary/aromatic N) is 2. The highest BCUT2D eigenvalue weighted by molar-refractivity contribution is 7.89. The minimum absolute atomic E-state index is 0.0379. The number of fused-ring (bicyclic) bond motifs is 2. The monoisotopic (exact) mass is 420 g/mol. The number of hydrogen-bond acceptors (Lipinski definition) is 5. The summed E-state index contributed by atoms with van der Waals surface area (Å²) in [6.07, 6.45) is 4.46. The summed E-state index contributed by atoms with van der Waals surface area (Å²) in [6.45, 7) is 2.29. The van der Waals surface area contributed by atoms with Gasteiger partial charge in [0.15, 0.2) is 0 Å². The Morgan fingerprint density at radius 2 is 1.86 bits per heavy atom. The lowest BCUT2D eigenvalue weighted by atomic mass is 10.1. The van der Waals surface area contributed by atoms with E-state index in [-0.39, 0.29) is 29.1 Å². The van der Waals surface area contributed by atoms with Crippen LogP contribution in [0.3, 0.4) is 0 Å². The quantitative estimate of drug-likeness (QED) is 0.748. The summed E-state index contributed by atoms with van der Waals surface area (Å²) in [5.74, 6) is 0.902. The molecule has 1 aromatic carbocycles. The lowest BCUT2D eigenvalue weighted by Gasteiger charge is -2.31. The van der Waals surface area contributed by atoms with E-state index < -0.39 is 10.0 Å². The summed E-state index contributed by atoms with van der Waals surface area (Å²) in [7, 11) is -3.63. The Morgan fingerprint density at radius 1 is 1.07 bits per heavy atom. The van der Waals surface area contributed by atoms with Crippen LogP contribution in [0.1, 0.15) is 38.5 Å². The Bertz CT molecular complexity index is 879. The van der Waals surface area contributed by atoms with Gasteiger partial charge in [0.2, 0.25) is 10.0 Å². The van der Waals surface area contributed by atoms with E-state index in [4.69, 9.17) is 9.47 Å². The number of amides is 1. The SMILES string of the molecule is O=C([C@H]1CCCO1)N1CC[C@@H]2Oc3ccccc3S(=O)(=O)N(CC3CC3)[C@H]2CC1. The second kappa shape index (κ2) is 7.56. The van der Waals surface area contributed by atoms with Crippen LogP contribution < -0.4 is 4.74 Å². The summed E-state index contributed by atoms with van der Waals surface area (Å²) in [5.41, 5.74) is 0. The summed E-state index contributed by atoms with van der Waals surface area (Å²) >= 11 is 0. The molecule has 29 heavy (non-hydrogen) atoms. The first-order valence-electron chi connectivity index (χ1n) is 10.7. The van der Waals surface area contributed by atoms with E-state index in [1.165, 1.54) is 0 Å². The molecule has 4 aliphatic rings. The number of benzene rings is 1. The third kappa shape index (κ3) is 3.66. The molecular formula is C21H28N2O5S. The average molecular weight is 421 g/mol. The third-order valence-electron chi connectivity index (χ3n) is 6.54. The van der Waals surface area contributed by atoms with Gasteiger partial charge in [-0.25, -0.2) is 8.42 Å². The number of likely N-dealkylation sites (tertiary alicyclic amines) is 1. The van der Waals surface area contributed by atoms with E-state index in [1.54, 1.807) is 22.5 Å². The summed E-state index contributed by atoms with van der Waals surface area (Å²) in [4.78, 5) is 15.0. The van der Waals surface area contributed by atoms with Gasteiger partial charge in [0.05, 0.1) is 6.04 Å². The molecule has 1 amide bonds. The van der Waals surface area contributed by atoms with Crippen molar-refractivity contribution in [1.29, 1.82) is 0 Å². The van der Waals surface area contributed by atoms with E-state index in [1.807, 2.05) is 11.0 Å². The van der Waals surface area contributed by atoms with Gasteiger partial charge in [-0.15, -0.1) is 0 Å². The molecule has 7 nitrogen and oxygen atoms in total. The van der Waals surface area contributed by atoms with E-state index in [9.17, 15) is 13.2 Å². The van der Waals surface area contributed by atoms with E-state index in [2.05, 4.69) is 0 Å². The van der Waals surface area contributed by atoms with Gasteiger partial charge in [0.1, 0.15) is 22.9 Å². The number of carbonyl (C=O) groups is 1. The fourth-order valence-corrected chi connectivity index (χ4v) is 6.62. The van der Waals surface area contributed by atoms with Crippen molar-refractivity contribution in [3.05, 3.63) is 24.3 Å².